The van der Waals surface area contributed by atoms with Gasteiger partial charge in [-0.15, -0.1) is 5.06 Å². The number of amides is 2. The first-order valence-corrected chi connectivity index (χ1v) is 11.3. The quantitative estimate of drug-likeness (QED) is 0.253. The third-order valence-electron chi connectivity index (χ3n) is 5.21. The highest BCUT2D eigenvalue weighted by molar-refractivity contribution is 6.01. The van der Waals surface area contributed by atoms with E-state index in [0.29, 0.717) is 5.06 Å². The molecule has 0 unspecified atom stereocenters. The van der Waals surface area contributed by atoms with Crippen LogP contribution in [0.15, 0.2) is 0 Å². The van der Waals surface area contributed by atoms with Crippen molar-refractivity contribution in [3.63, 3.8) is 0 Å². The highest BCUT2D eigenvalue weighted by Crippen LogP contribution is 2.15. The fraction of sp³-hybridized carbons (Fsp3) is 0.818. The molecule has 0 saturated carbocycles. The molecule has 1 aliphatic heterocycles. The molecule has 0 aromatic rings. The first kappa shape index (κ1) is 25.1. The smallest absolute Gasteiger partial charge is 0.333 e. The largest absolute Gasteiger partial charge is 0.550 e. The number of aliphatic carboxylic acids is 1. The number of hydrogen-bond acceptors (Lipinski definition) is 6. The maximum atomic E-state index is 11.7. The minimum absolute atomic E-state index is 0.124. The summed E-state index contributed by atoms with van der Waals surface area (Å²) in [7, 11) is 0. The van der Waals surface area contributed by atoms with E-state index in [1.165, 1.54) is 44.9 Å². The van der Waals surface area contributed by atoms with E-state index in [1.807, 2.05) is 0 Å². The van der Waals surface area contributed by atoms with E-state index in [-0.39, 0.29) is 25.7 Å². The molecule has 0 aromatic heterocycles. The summed E-state index contributed by atoms with van der Waals surface area (Å²) in [5, 5.41) is 10.9. The lowest BCUT2D eigenvalue weighted by Crippen LogP contribution is -2.31. The molecule has 1 saturated heterocycles. The van der Waals surface area contributed by atoms with E-state index in [0.717, 1.165) is 44.9 Å². The van der Waals surface area contributed by atoms with Gasteiger partial charge in [-0.3, -0.25) is 9.59 Å². The first-order valence-electron chi connectivity index (χ1n) is 11.3. The Morgan fingerprint density at radius 2 is 1.00 bits per heavy atom. The zero-order valence-corrected chi connectivity index (χ0v) is 17.6. The highest BCUT2D eigenvalue weighted by atomic mass is 16.7. The second kappa shape index (κ2) is 15.9. The molecule has 29 heavy (non-hydrogen) atoms. The van der Waals surface area contributed by atoms with Gasteiger partial charge in [-0.05, 0) is 19.3 Å². The van der Waals surface area contributed by atoms with Gasteiger partial charge in [0.15, 0.2) is 0 Å². The normalized spacial score (nSPS) is 13.9. The molecule has 1 fully saturated rings. The summed E-state index contributed by atoms with van der Waals surface area (Å²) in [6.45, 7) is 0. The van der Waals surface area contributed by atoms with Crippen molar-refractivity contribution in [2.75, 3.05) is 0 Å². The number of imide groups is 1. The van der Waals surface area contributed by atoms with Crippen LogP contribution < -0.4 is 5.11 Å². The van der Waals surface area contributed by atoms with E-state index in [4.69, 9.17) is 4.84 Å². The van der Waals surface area contributed by atoms with Crippen molar-refractivity contribution in [2.24, 2.45) is 0 Å². The summed E-state index contributed by atoms with van der Waals surface area (Å²) in [5.41, 5.74) is 0. The zero-order valence-electron chi connectivity index (χ0n) is 17.6. The first-order chi connectivity index (χ1) is 14.0. The van der Waals surface area contributed by atoms with E-state index in [2.05, 4.69) is 0 Å². The van der Waals surface area contributed by atoms with Crippen LogP contribution in [0, 0.1) is 0 Å². The van der Waals surface area contributed by atoms with E-state index in [1.54, 1.807) is 0 Å². The van der Waals surface area contributed by atoms with Crippen molar-refractivity contribution in [2.45, 2.75) is 116 Å². The van der Waals surface area contributed by atoms with Crippen molar-refractivity contribution < 1.29 is 29.1 Å². The van der Waals surface area contributed by atoms with Gasteiger partial charge >= 0.3 is 5.97 Å². The van der Waals surface area contributed by atoms with Gasteiger partial charge < -0.3 is 14.7 Å². The monoisotopic (exact) mass is 410 g/mol. The Bertz CT molecular complexity index is 503. The minimum Gasteiger partial charge on any atom is -0.550 e. The number of unbranched alkanes of at least 4 members (excludes halogenated alkanes) is 13. The van der Waals surface area contributed by atoms with E-state index in [9.17, 15) is 24.3 Å². The molecule has 1 aliphatic rings. The number of rotatable bonds is 18. The molecular weight excluding hydrogens is 374 g/mol. The molecule has 0 atom stereocenters. The molecule has 0 bridgehead atoms. The number of hydrogen-bond donors (Lipinski definition) is 0. The fourth-order valence-electron chi connectivity index (χ4n) is 3.47. The van der Waals surface area contributed by atoms with Crippen LogP contribution >= 0.6 is 0 Å². The second-order valence-corrected chi connectivity index (χ2v) is 7.87. The Labute approximate surface area is 174 Å². The van der Waals surface area contributed by atoms with Crippen LogP contribution in [-0.4, -0.2) is 28.8 Å². The van der Waals surface area contributed by atoms with Crippen LogP contribution in [0.3, 0.4) is 0 Å². The average molecular weight is 411 g/mol. The molecule has 0 spiro atoms. The molecule has 7 nitrogen and oxygen atoms in total. The number of carboxylic acid groups (broad SMARTS) is 1. The third-order valence-corrected chi connectivity index (χ3v) is 5.21. The number of nitrogens with zero attached hydrogens (tertiary/aromatic N) is 1. The SMILES string of the molecule is O=C([O-])CCCCCCCCCCCCCCCCC(=O)ON1C(=O)CCC1=O. The van der Waals surface area contributed by atoms with Crippen molar-refractivity contribution in [3.05, 3.63) is 0 Å². The Morgan fingerprint density at radius 3 is 1.38 bits per heavy atom. The Kier molecular flexibility index (Phi) is 13.8. The van der Waals surface area contributed by atoms with Crippen molar-refractivity contribution >= 4 is 23.8 Å². The van der Waals surface area contributed by atoms with Gasteiger partial charge in [0.25, 0.3) is 11.8 Å². The van der Waals surface area contributed by atoms with E-state index >= 15 is 0 Å². The highest BCUT2D eigenvalue weighted by Gasteiger charge is 2.32. The fourth-order valence-corrected chi connectivity index (χ4v) is 3.47. The van der Waals surface area contributed by atoms with Crippen molar-refractivity contribution in [3.8, 4) is 0 Å². The minimum atomic E-state index is -0.944. The molecular formula is C22H36NO6-. The van der Waals surface area contributed by atoms with Gasteiger partial charge in [-0.1, -0.05) is 77.0 Å². The zero-order chi connectivity index (χ0) is 21.3. The molecule has 0 N–H and O–H groups in total. The van der Waals surface area contributed by atoms with Gasteiger partial charge in [0.2, 0.25) is 0 Å². The lowest BCUT2D eigenvalue weighted by molar-refractivity contribution is -0.305. The molecule has 0 aliphatic carbocycles. The van der Waals surface area contributed by atoms with Gasteiger partial charge in [-0.2, -0.15) is 0 Å². The summed E-state index contributed by atoms with van der Waals surface area (Å²) in [6, 6.07) is 0. The lowest BCUT2D eigenvalue weighted by atomic mass is 10.0. The summed E-state index contributed by atoms with van der Waals surface area (Å²) >= 11 is 0. The topological polar surface area (TPSA) is 104 Å². The lowest BCUT2D eigenvalue weighted by Gasteiger charge is -2.12. The van der Waals surface area contributed by atoms with Gasteiger partial charge in [0.1, 0.15) is 0 Å². The maximum absolute atomic E-state index is 11.7. The van der Waals surface area contributed by atoms with E-state index < -0.39 is 23.8 Å². The summed E-state index contributed by atoms with van der Waals surface area (Å²) < 4.78 is 0. The third kappa shape index (κ3) is 13.0. The van der Waals surface area contributed by atoms with Crippen LogP contribution in [0.4, 0.5) is 0 Å². The molecule has 1 rings (SSSR count). The van der Waals surface area contributed by atoms with Crippen LogP contribution in [0.1, 0.15) is 116 Å². The summed E-state index contributed by atoms with van der Waals surface area (Å²) in [6.07, 6.45) is 16.1. The van der Waals surface area contributed by atoms with Crippen molar-refractivity contribution in [1.29, 1.82) is 0 Å². The molecule has 2 amide bonds. The van der Waals surface area contributed by atoms with Crippen LogP contribution in [0.25, 0.3) is 0 Å². The van der Waals surface area contributed by atoms with Crippen LogP contribution in [0.2, 0.25) is 0 Å². The summed E-state index contributed by atoms with van der Waals surface area (Å²) in [5.74, 6) is -2.32. The number of carbonyl (C=O) groups is 4. The maximum Gasteiger partial charge on any atom is 0.333 e. The Morgan fingerprint density at radius 1 is 0.655 bits per heavy atom. The Hall–Kier alpha value is -1.92. The standard InChI is InChI=1S/C22H37NO6/c24-19-17-18-20(25)23(19)29-22(28)16-14-12-10-8-6-4-2-1-3-5-7-9-11-13-15-21(26)27/h1-18H2,(H,26,27)/p-1. The van der Waals surface area contributed by atoms with Gasteiger partial charge in [-0.25, -0.2) is 4.79 Å². The number of carboxylic acids is 1. The average Bonchev–Trinajstić information content (AvgIpc) is 2.99. The van der Waals surface area contributed by atoms with Crippen molar-refractivity contribution in [1.82, 2.24) is 5.06 Å². The van der Waals surface area contributed by atoms with Crippen LogP contribution in [0.5, 0.6) is 0 Å². The second-order valence-electron chi connectivity index (χ2n) is 7.87. The Balaban J connectivity index is 1.79. The molecule has 0 radical (unpaired) electrons. The molecule has 166 valence electrons. The summed E-state index contributed by atoms with van der Waals surface area (Å²) in [4.78, 5) is 49.5. The van der Waals surface area contributed by atoms with Gasteiger partial charge in [0, 0.05) is 25.2 Å². The number of carbonyl (C=O) groups excluding carboxylic acids is 4. The molecule has 7 heteroatoms. The predicted molar refractivity (Wildman–Crippen MR) is 106 cm³/mol. The molecule has 1 heterocycles. The van der Waals surface area contributed by atoms with Crippen LogP contribution in [-0.2, 0) is 24.0 Å². The number of hydroxylamine groups is 2. The molecule has 0 aromatic carbocycles. The van der Waals surface area contributed by atoms with Gasteiger partial charge in [0.05, 0.1) is 0 Å². The predicted octanol–water partition coefficient (Wildman–Crippen LogP) is 3.59.